The fourth-order valence-electron chi connectivity index (χ4n) is 2.44. The Labute approximate surface area is 150 Å². The molecule has 5 heteroatoms. The van der Waals surface area contributed by atoms with E-state index in [1.54, 1.807) is 0 Å². The first kappa shape index (κ1) is 16.5. The summed E-state index contributed by atoms with van der Waals surface area (Å²) in [4.78, 5) is 9.04. The summed E-state index contributed by atoms with van der Waals surface area (Å²) in [5.41, 5.74) is 5.30. The largest absolute Gasteiger partial charge is 0.340 e. The average molecular weight is 383 g/mol. The van der Waals surface area contributed by atoms with Crippen LogP contribution in [0, 0.1) is 20.8 Å². The van der Waals surface area contributed by atoms with Gasteiger partial charge in [0.05, 0.1) is 0 Å². The summed E-state index contributed by atoms with van der Waals surface area (Å²) in [7, 11) is 0. The number of anilines is 4. The molecule has 0 unspecified atom stereocenters. The van der Waals surface area contributed by atoms with Crippen molar-refractivity contribution in [3.8, 4) is 0 Å². The highest BCUT2D eigenvalue weighted by Crippen LogP contribution is 2.22. The normalized spacial score (nSPS) is 10.5. The summed E-state index contributed by atoms with van der Waals surface area (Å²) < 4.78 is 1.05. The molecule has 3 aromatic rings. The van der Waals surface area contributed by atoms with Crippen LogP contribution in [0.5, 0.6) is 0 Å². The quantitative estimate of drug-likeness (QED) is 0.611. The Bertz CT molecular complexity index is 860. The molecule has 0 spiro atoms. The number of aromatic nitrogens is 2. The van der Waals surface area contributed by atoms with E-state index in [0.717, 1.165) is 27.4 Å². The fourth-order valence-corrected chi connectivity index (χ4v) is 2.71. The van der Waals surface area contributed by atoms with E-state index in [0.29, 0.717) is 5.95 Å². The SMILES string of the molecule is Cc1ccc(Nc2nc(C)cc(Nc3ccc(Br)cc3)n2)c(C)c1. The monoisotopic (exact) mass is 382 g/mol. The molecule has 0 aliphatic heterocycles. The molecular weight excluding hydrogens is 364 g/mol. The molecule has 1 aromatic heterocycles. The number of nitrogens with one attached hydrogen (secondary N) is 2. The van der Waals surface area contributed by atoms with Crippen molar-refractivity contribution >= 4 is 39.1 Å². The molecular formula is C19H19BrN4. The molecule has 0 aliphatic carbocycles. The number of nitrogens with zero attached hydrogens (tertiary/aromatic N) is 2. The van der Waals surface area contributed by atoms with Crippen molar-refractivity contribution < 1.29 is 0 Å². The zero-order chi connectivity index (χ0) is 17.1. The van der Waals surface area contributed by atoms with E-state index in [-0.39, 0.29) is 0 Å². The molecule has 24 heavy (non-hydrogen) atoms. The van der Waals surface area contributed by atoms with Crippen molar-refractivity contribution in [3.05, 3.63) is 69.8 Å². The lowest BCUT2D eigenvalue weighted by Gasteiger charge is -2.12. The molecule has 0 radical (unpaired) electrons. The minimum Gasteiger partial charge on any atom is -0.340 e. The molecule has 0 bridgehead atoms. The summed E-state index contributed by atoms with van der Waals surface area (Å²) in [6, 6.07) is 16.2. The molecule has 0 amide bonds. The van der Waals surface area contributed by atoms with E-state index in [2.05, 4.69) is 68.6 Å². The van der Waals surface area contributed by atoms with Crippen LogP contribution in [0.3, 0.4) is 0 Å². The van der Waals surface area contributed by atoms with Crippen LogP contribution in [0.2, 0.25) is 0 Å². The van der Waals surface area contributed by atoms with Crippen LogP contribution < -0.4 is 10.6 Å². The lowest BCUT2D eigenvalue weighted by Crippen LogP contribution is -2.03. The average Bonchev–Trinajstić information content (AvgIpc) is 2.52. The van der Waals surface area contributed by atoms with Gasteiger partial charge in [-0.3, -0.25) is 0 Å². The molecule has 2 N–H and O–H groups in total. The van der Waals surface area contributed by atoms with Gasteiger partial charge in [0.1, 0.15) is 5.82 Å². The summed E-state index contributed by atoms with van der Waals surface area (Å²) in [6.07, 6.45) is 0. The van der Waals surface area contributed by atoms with Crippen LogP contribution in [-0.4, -0.2) is 9.97 Å². The number of hydrogen-bond donors (Lipinski definition) is 2. The number of aryl methyl sites for hydroxylation is 3. The van der Waals surface area contributed by atoms with Crippen LogP contribution in [0.1, 0.15) is 16.8 Å². The van der Waals surface area contributed by atoms with Gasteiger partial charge in [0, 0.05) is 27.6 Å². The zero-order valence-electron chi connectivity index (χ0n) is 13.9. The van der Waals surface area contributed by atoms with Gasteiger partial charge in [-0.15, -0.1) is 0 Å². The summed E-state index contributed by atoms with van der Waals surface area (Å²) in [5, 5.41) is 6.62. The first-order chi connectivity index (χ1) is 11.5. The van der Waals surface area contributed by atoms with E-state index in [9.17, 15) is 0 Å². The minimum absolute atomic E-state index is 0.585. The Kier molecular flexibility index (Phi) is 4.81. The van der Waals surface area contributed by atoms with Crippen molar-refractivity contribution in [2.75, 3.05) is 10.6 Å². The zero-order valence-corrected chi connectivity index (χ0v) is 15.5. The molecule has 0 saturated carbocycles. The van der Waals surface area contributed by atoms with Crippen molar-refractivity contribution in [3.63, 3.8) is 0 Å². The molecule has 0 fully saturated rings. The van der Waals surface area contributed by atoms with Crippen molar-refractivity contribution in [2.24, 2.45) is 0 Å². The Balaban J connectivity index is 1.84. The lowest BCUT2D eigenvalue weighted by atomic mass is 10.1. The molecule has 2 aromatic carbocycles. The van der Waals surface area contributed by atoms with Crippen molar-refractivity contribution in [1.29, 1.82) is 0 Å². The van der Waals surface area contributed by atoms with Gasteiger partial charge in [-0.1, -0.05) is 33.6 Å². The van der Waals surface area contributed by atoms with E-state index < -0.39 is 0 Å². The molecule has 122 valence electrons. The molecule has 0 aliphatic rings. The van der Waals surface area contributed by atoms with Crippen LogP contribution in [0.15, 0.2) is 53.0 Å². The van der Waals surface area contributed by atoms with Crippen LogP contribution in [0.4, 0.5) is 23.1 Å². The van der Waals surface area contributed by atoms with Crippen molar-refractivity contribution in [2.45, 2.75) is 20.8 Å². The number of halogens is 1. The molecule has 0 saturated heterocycles. The van der Waals surface area contributed by atoms with Gasteiger partial charge in [-0.25, -0.2) is 4.98 Å². The van der Waals surface area contributed by atoms with Gasteiger partial charge in [-0.2, -0.15) is 4.98 Å². The lowest BCUT2D eigenvalue weighted by molar-refractivity contribution is 1.10. The van der Waals surface area contributed by atoms with E-state index in [4.69, 9.17) is 0 Å². The first-order valence-corrected chi connectivity index (χ1v) is 8.51. The second-order valence-corrected chi connectivity index (χ2v) is 6.71. The number of benzene rings is 2. The number of rotatable bonds is 4. The van der Waals surface area contributed by atoms with Crippen LogP contribution in [0.25, 0.3) is 0 Å². The Hall–Kier alpha value is -2.40. The van der Waals surface area contributed by atoms with Crippen LogP contribution >= 0.6 is 15.9 Å². The summed E-state index contributed by atoms with van der Waals surface area (Å²) in [5.74, 6) is 1.35. The summed E-state index contributed by atoms with van der Waals surface area (Å²) in [6.45, 7) is 6.12. The standard InChI is InChI=1S/C19H19BrN4/c1-12-4-9-17(13(2)10-12)23-19-21-14(3)11-18(24-19)22-16-7-5-15(20)6-8-16/h4-11H,1-3H3,(H2,21,22,23,24). The van der Waals surface area contributed by atoms with E-state index in [1.165, 1.54) is 11.1 Å². The number of hydrogen-bond acceptors (Lipinski definition) is 4. The second-order valence-electron chi connectivity index (χ2n) is 5.79. The highest BCUT2D eigenvalue weighted by Gasteiger charge is 2.05. The van der Waals surface area contributed by atoms with E-state index >= 15 is 0 Å². The maximum atomic E-state index is 4.57. The van der Waals surface area contributed by atoms with Gasteiger partial charge < -0.3 is 10.6 Å². The smallest absolute Gasteiger partial charge is 0.229 e. The fraction of sp³-hybridized carbons (Fsp3) is 0.158. The minimum atomic E-state index is 0.585. The molecule has 3 rings (SSSR count). The van der Waals surface area contributed by atoms with Crippen molar-refractivity contribution in [1.82, 2.24) is 9.97 Å². The van der Waals surface area contributed by atoms with Gasteiger partial charge in [-0.05, 0) is 56.7 Å². The summed E-state index contributed by atoms with van der Waals surface area (Å²) >= 11 is 3.44. The Morgan fingerprint density at radius 3 is 2.29 bits per heavy atom. The third-order valence-electron chi connectivity index (χ3n) is 3.60. The maximum absolute atomic E-state index is 4.57. The predicted molar refractivity (Wildman–Crippen MR) is 103 cm³/mol. The molecule has 4 nitrogen and oxygen atoms in total. The van der Waals surface area contributed by atoms with E-state index in [1.807, 2.05) is 37.3 Å². The first-order valence-electron chi connectivity index (χ1n) is 7.72. The third-order valence-corrected chi connectivity index (χ3v) is 4.13. The highest BCUT2D eigenvalue weighted by molar-refractivity contribution is 9.10. The predicted octanol–water partition coefficient (Wildman–Crippen LogP) is 5.65. The van der Waals surface area contributed by atoms with Gasteiger partial charge in [0.25, 0.3) is 0 Å². The van der Waals surface area contributed by atoms with Gasteiger partial charge in [0.15, 0.2) is 0 Å². The third kappa shape index (κ3) is 4.11. The Morgan fingerprint density at radius 2 is 1.58 bits per heavy atom. The highest BCUT2D eigenvalue weighted by atomic mass is 79.9. The second kappa shape index (κ2) is 7.01. The molecule has 1 heterocycles. The maximum Gasteiger partial charge on any atom is 0.229 e. The van der Waals surface area contributed by atoms with Gasteiger partial charge in [0.2, 0.25) is 5.95 Å². The molecule has 0 atom stereocenters. The van der Waals surface area contributed by atoms with Gasteiger partial charge >= 0.3 is 0 Å². The topological polar surface area (TPSA) is 49.8 Å². The van der Waals surface area contributed by atoms with Crippen LogP contribution in [-0.2, 0) is 0 Å². The Morgan fingerprint density at radius 1 is 0.833 bits per heavy atom.